The zero-order valence-corrected chi connectivity index (χ0v) is 13.2. The van der Waals surface area contributed by atoms with Gasteiger partial charge in [0.1, 0.15) is 0 Å². The van der Waals surface area contributed by atoms with Crippen LogP contribution >= 0.6 is 0 Å². The molecule has 0 aromatic rings. The van der Waals surface area contributed by atoms with Gasteiger partial charge in [-0.05, 0) is 0 Å². The Hall–Kier alpha value is 0.673. The van der Waals surface area contributed by atoms with E-state index in [0.717, 1.165) is 0 Å². The summed E-state index contributed by atoms with van der Waals surface area (Å²) in [5, 5.41) is 9.84. The average Bonchev–Trinajstić information content (AvgIpc) is 2.77. The smallest absolute Gasteiger partial charge is 1.00 e. The van der Waals surface area contributed by atoms with Crippen LogP contribution in [-0.2, 0) is 26.2 Å². The maximum atomic E-state index is 9.84. The summed E-state index contributed by atoms with van der Waals surface area (Å²) in [7, 11) is 0. The minimum atomic E-state index is -0.296. The molecule has 0 unspecified atom stereocenters. The second-order valence-corrected chi connectivity index (χ2v) is 3.18. The molecule has 0 aliphatic heterocycles. The zero-order valence-electron chi connectivity index (χ0n) is 8.43. The van der Waals surface area contributed by atoms with Crippen LogP contribution in [-0.4, -0.2) is 11.2 Å². The van der Waals surface area contributed by atoms with E-state index in [1.54, 1.807) is 0 Å². The van der Waals surface area contributed by atoms with Crippen LogP contribution < -0.4 is 37.2 Å². The Labute approximate surface area is 134 Å². The van der Waals surface area contributed by atoms with E-state index in [-0.39, 0.29) is 81.4 Å². The maximum absolute atomic E-state index is 9.84. The van der Waals surface area contributed by atoms with Crippen molar-refractivity contribution in [3.05, 3.63) is 48.6 Å². The van der Waals surface area contributed by atoms with Gasteiger partial charge in [0.25, 0.3) is 0 Å². The number of halogens is 3. The van der Waals surface area contributed by atoms with Crippen LogP contribution in [0, 0.1) is 11.8 Å². The van der Waals surface area contributed by atoms with Gasteiger partial charge in [0.05, 0.1) is 6.10 Å². The molecule has 5 heteroatoms. The first-order chi connectivity index (χ1) is 5.88. The van der Waals surface area contributed by atoms with Crippen molar-refractivity contribution in [1.82, 2.24) is 0 Å². The largest absolute Gasteiger partial charge is 3.00 e. The fourth-order valence-corrected chi connectivity index (χ4v) is 1.61. The van der Waals surface area contributed by atoms with E-state index in [1.807, 2.05) is 48.6 Å². The maximum Gasteiger partial charge on any atom is 3.00 e. The molecule has 0 fully saturated rings. The summed E-state index contributed by atoms with van der Waals surface area (Å²) >= 11 is 0. The van der Waals surface area contributed by atoms with Crippen molar-refractivity contribution >= 4 is 0 Å². The average molecular weight is 358 g/mol. The van der Waals surface area contributed by atoms with Crippen LogP contribution in [0.3, 0.4) is 0 Å². The molecule has 0 atom stereocenters. The Morgan fingerprint density at radius 3 is 1.19 bits per heavy atom. The van der Waals surface area contributed by atoms with Gasteiger partial charge in [-0.15, -0.1) is 0 Å². The number of aliphatic hydroxyl groups excluding tert-OH is 1. The summed E-state index contributed by atoms with van der Waals surface area (Å²) in [4.78, 5) is 0. The van der Waals surface area contributed by atoms with Crippen molar-refractivity contribution in [1.29, 1.82) is 0 Å². The van der Waals surface area contributed by atoms with E-state index in [2.05, 4.69) is 0 Å². The SMILES string of the molecule is OC(C1C=CC=C1)C1C=CC=C1.[Cl-].[Cl-].[Cl-].[Zr+3]. The summed E-state index contributed by atoms with van der Waals surface area (Å²) in [5.74, 6) is 0.393. The fourth-order valence-electron chi connectivity index (χ4n) is 1.61. The molecule has 0 heterocycles. The Kier molecular flexibility index (Phi) is 14.8. The van der Waals surface area contributed by atoms with Crippen molar-refractivity contribution in [3.8, 4) is 0 Å². The minimum Gasteiger partial charge on any atom is -1.00 e. The second-order valence-electron chi connectivity index (χ2n) is 3.18. The number of hydrogen-bond acceptors (Lipinski definition) is 1. The molecule has 87 valence electrons. The molecule has 16 heavy (non-hydrogen) atoms. The quantitative estimate of drug-likeness (QED) is 0.521. The van der Waals surface area contributed by atoms with Crippen LogP contribution in [0.25, 0.3) is 0 Å². The molecule has 2 aliphatic rings. The predicted octanol–water partition coefficient (Wildman–Crippen LogP) is -7.16. The van der Waals surface area contributed by atoms with Gasteiger partial charge in [-0.25, -0.2) is 0 Å². The monoisotopic (exact) mass is 355 g/mol. The van der Waals surface area contributed by atoms with Gasteiger partial charge >= 0.3 is 26.2 Å². The van der Waals surface area contributed by atoms with Crippen LogP contribution in [0.1, 0.15) is 0 Å². The zero-order chi connectivity index (χ0) is 8.39. The van der Waals surface area contributed by atoms with Gasteiger partial charge in [0, 0.05) is 11.8 Å². The number of allylic oxidation sites excluding steroid dienone is 4. The molecule has 1 radical (unpaired) electrons. The van der Waals surface area contributed by atoms with Crippen LogP contribution in [0.5, 0.6) is 0 Å². The van der Waals surface area contributed by atoms with E-state index in [9.17, 15) is 5.11 Å². The first-order valence-corrected chi connectivity index (χ1v) is 4.26. The summed E-state index contributed by atoms with van der Waals surface area (Å²) in [6.45, 7) is 0. The Balaban J connectivity index is -0.000000422. The molecular formula is C11H12Cl3OZr. The van der Waals surface area contributed by atoms with E-state index in [0.29, 0.717) is 0 Å². The van der Waals surface area contributed by atoms with Gasteiger partial charge < -0.3 is 42.3 Å². The molecule has 0 saturated carbocycles. The number of aliphatic hydroxyl groups is 1. The summed E-state index contributed by atoms with van der Waals surface area (Å²) < 4.78 is 0. The van der Waals surface area contributed by atoms with E-state index < -0.39 is 0 Å². The molecule has 0 aromatic heterocycles. The van der Waals surface area contributed by atoms with Crippen LogP contribution in [0.15, 0.2) is 48.6 Å². The third-order valence-electron chi connectivity index (χ3n) is 2.34. The molecule has 0 saturated heterocycles. The fraction of sp³-hybridized carbons (Fsp3) is 0.273. The van der Waals surface area contributed by atoms with Crippen LogP contribution in [0.4, 0.5) is 0 Å². The van der Waals surface area contributed by atoms with Crippen molar-refractivity contribution < 1.29 is 68.5 Å². The number of hydrogen-bond donors (Lipinski definition) is 1. The third-order valence-corrected chi connectivity index (χ3v) is 2.34. The molecule has 1 N–H and O–H groups in total. The van der Waals surface area contributed by atoms with Gasteiger partial charge in [-0.2, -0.15) is 0 Å². The van der Waals surface area contributed by atoms with Crippen molar-refractivity contribution in [2.75, 3.05) is 0 Å². The minimum absolute atomic E-state index is 0. The molecular weight excluding hydrogens is 346 g/mol. The topological polar surface area (TPSA) is 20.2 Å². The van der Waals surface area contributed by atoms with Crippen molar-refractivity contribution in [2.45, 2.75) is 6.10 Å². The first-order valence-electron chi connectivity index (χ1n) is 4.26. The molecule has 0 aromatic carbocycles. The van der Waals surface area contributed by atoms with Gasteiger partial charge in [-0.3, -0.25) is 0 Å². The molecule has 0 amide bonds. The van der Waals surface area contributed by atoms with Crippen molar-refractivity contribution in [3.63, 3.8) is 0 Å². The molecule has 2 rings (SSSR count). The summed E-state index contributed by atoms with van der Waals surface area (Å²) in [6, 6.07) is 0. The third kappa shape index (κ3) is 5.34. The summed E-state index contributed by atoms with van der Waals surface area (Å²) in [5.41, 5.74) is 0. The molecule has 1 nitrogen and oxygen atoms in total. The van der Waals surface area contributed by atoms with Gasteiger partial charge in [-0.1, -0.05) is 48.6 Å². The van der Waals surface area contributed by atoms with Crippen LogP contribution in [0.2, 0.25) is 0 Å². The summed E-state index contributed by atoms with van der Waals surface area (Å²) in [6.07, 6.45) is 15.8. The Bertz CT molecular complexity index is 235. The van der Waals surface area contributed by atoms with E-state index >= 15 is 0 Å². The van der Waals surface area contributed by atoms with E-state index in [4.69, 9.17) is 0 Å². The molecule has 0 spiro atoms. The normalized spacial score (nSPS) is 16.6. The Morgan fingerprint density at radius 1 is 0.688 bits per heavy atom. The molecule has 2 aliphatic carbocycles. The predicted molar refractivity (Wildman–Crippen MR) is 49.5 cm³/mol. The first kappa shape index (κ1) is 21.9. The van der Waals surface area contributed by atoms with Gasteiger partial charge in [0.2, 0.25) is 0 Å². The van der Waals surface area contributed by atoms with Gasteiger partial charge in [0.15, 0.2) is 0 Å². The number of rotatable bonds is 2. The standard InChI is InChI=1S/C11H12O.3ClH.Zr/c12-11(9-5-1-2-6-9)10-7-3-4-8-10;;;;/h1-12H;3*1H;/q;;;;+3/p-3. The van der Waals surface area contributed by atoms with E-state index in [1.165, 1.54) is 0 Å². The second kappa shape index (κ2) is 10.8. The molecule has 0 bridgehead atoms. The Morgan fingerprint density at radius 2 is 0.938 bits per heavy atom. The van der Waals surface area contributed by atoms with Crippen molar-refractivity contribution in [2.24, 2.45) is 11.8 Å².